The van der Waals surface area contributed by atoms with Crippen LogP contribution in [0.25, 0.3) is 0 Å². The number of hydroxylamine groups is 2. The number of nitrogens with zero attached hydrogens (tertiary/aromatic N) is 1. The molecule has 0 aliphatic carbocycles. The van der Waals surface area contributed by atoms with Crippen LogP contribution in [0.3, 0.4) is 0 Å². The lowest BCUT2D eigenvalue weighted by atomic mass is 10.1. The number of quaternary nitrogens is 1. The number of imide groups is 1. The number of aliphatic hydroxyl groups is 2. The molecule has 1 unspecified atom stereocenters. The van der Waals surface area contributed by atoms with Crippen LogP contribution < -0.4 is 15.3 Å². The molecule has 1 heterocycles. The average molecular weight is 559 g/mol. The van der Waals surface area contributed by atoms with E-state index in [4.69, 9.17) is 9.57 Å². The van der Waals surface area contributed by atoms with E-state index < -0.39 is 22.7 Å². The van der Waals surface area contributed by atoms with E-state index in [2.05, 4.69) is 10.6 Å². The molecule has 0 spiro atoms. The van der Waals surface area contributed by atoms with Gasteiger partial charge in [0.2, 0.25) is 6.54 Å². The minimum atomic E-state index is -0.802. The highest BCUT2D eigenvalue weighted by atomic mass is 16.7. The zero-order valence-electron chi connectivity index (χ0n) is 22.7. The van der Waals surface area contributed by atoms with Crippen LogP contribution in [0.15, 0.2) is 42.5 Å². The highest BCUT2D eigenvalue weighted by molar-refractivity contribution is 6.08. The van der Waals surface area contributed by atoms with Crippen LogP contribution in [-0.2, 0) is 32.2 Å². The van der Waals surface area contributed by atoms with E-state index in [0.29, 0.717) is 36.6 Å². The van der Waals surface area contributed by atoms with Gasteiger partial charge in [0.1, 0.15) is 5.75 Å². The number of aryl methyl sites for hydroxylation is 1. The molecule has 2 aromatic rings. The Labute approximate surface area is 234 Å². The number of nitrogens with one attached hydrogen (secondary N) is 2. The summed E-state index contributed by atoms with van der Waals surface area (Å²) in [6.07, 6.45) is 5.96. The van der Waals surface area contributed by atoms with Gasteiger partial charge in [-0.3, -0.25) is 9.63 Å². The first-order valence-corrected chi connectivity index (χ1v) is 13.7. The van der Waals surface area contributed by atoms with Gasteiger partial charge in [0.05, 0.1) is 12.7 Å². The van der Waals surface area contributed by atoms with Crippen molar-refractivity contribution in [2.75, 3.05) is 32.8 Å². The van der Waals surface area contributed by atoms with Gasteiger partial charge in [0, 0.05) is 37.5 Å². The Kier molecular flexibility index (Phi) is 12.5. The van der Waals surface area contributed by atoms with Crippen LogP contribution in [0.1, 0.15) is 61.3 Å². The maximum Gasteiger partial charge on any atom is 0.471 e. The second kappa shape index (κ2) is 16.0. The second-order valence-electron chi connectivity index (χ2n) is 9.87. The van der Waals surface area contributed by atoms with Gasteiger partial charge < -0.3 is 25.4 Å². The monoisotopic (exact) mass is 558 g/mol. The van der Waals surface area contributed by atoms with Crippen LogP contribution >= 0.6 is 0 Å². The van der Waals surface area contributed by atoms with Gasteiger partial charge in [-0.25, -0.2) is 14.9 Å². The maximum absolute atomic E-state index is 12.3. The molecule has 11 heteroatoms. The molecule has 1 aliphatic heterocycles. The molecule has 0 saturated carbocycles. The summed E-state index contributed by atoms with van der Waals surface area (Å²) in [6.45, 7) is 2.22. The molecule has 218 valence electrons. The Morgan fingerprint density at radius 3 is 2.52 bits per heavy atom. The summed E-state index contributed by atoms with van der Waals surface area (Å²) in [6, 6.07) is 11.2. The molecule has 5 N–H and O–H groups in total. The van der Waals surface area contributed by atoms with Gasteiger partial charge in [0.25, 0.3) is 5.91 Å². The fraction of sp³-hybridized carbons (Fsp3) is 0.483. The van der Waals surface area contributed by atoms with Crippen molar-refractivity contribution in [2.45, 2.75) is 57.7 Å². The molecule has 1 aliphatic rings. The Morgan fingerprint density at radius 2 is 1.80 bits per heavy atom. The zero-order chi connectivity index (χ0) is 28.8. The number of hydrogen-bond donors (Lipinski definition) is 5. The molecule has 1 saturated heterocycles. The highest BCUT2D eigenvalue weighted by Crippen LogP contribution is 2.28. The first-order valence-electron chi connectivity index (χ1n) is 13.7. The minimum Gasteiger partial charge on any atom is -0.508 e. The third kappa shape index (κ3) is 8.83. The number of phenols is 1. The van der Waals surface area contributed by atoms with Crippen molar-refractivity contribution in [3.63, 3.8) is 0 Å². The minimum absolute atomic E-state index is 0.0229. The number of rotatable bonds is 19. The topological polar surface area (TPSA) is 154 Å². The lowest BCUT2D eigenvalue weighted by molar-refractivity contribution is -0.155. The van der Waals surface area contributed by atoms with E-state index in [1.807, 2.05) is 6.07 Å². The maximum atomic E-state index is 12.3. The van der Waals surface area contributed by atoms with Crippen molar-refractivity contribution in [1.29, 1.82) is 0 Å². The van der Waals surface area contributed by atoms with Gasteiger partial charge in [-0.15, -0.1) is 0 Å². The smallest absolute Gasteiger partial charge is 0.471 e. The number of carbonyl (C=O) groups excluding carboxylic acids is 3. The van der Waals surface area contributed by atoms with Crippen molar-refractivity contribution >= 4 is 24.1 Å². The van der Waals surface area contributed by atoms with Crippen LogP contribution in [0, 0.1) is 0 Å². The van der Waals surface area contributed by atoms with Crippen molar-refractivity contribution in [3.8, 4) is 5.75 Å². The number of hydrogen-bond acceptors (Lipinski definition) is 9. The third-order valence-electron chi connectivity index (χ3n) is 6.88. The normalized spacial score (nSPS) is 17.6. The number of amides is 3. The fourth-order valence-corrected chi connectivity index (χ4v) is 4.63. The quantitative estimate of drug-likeness (QED) is 0.0758. The first-order chi connectivity index (χ1) is 19.4. The van der Waals surface area contributed by atoms with Gasteiger partial charge in [-0.05, 0) is 66.6 Å². The lowest BCUT2D eigenvalue weighted by Crippen LogP contribution is -2.51. The molecule has 0 aromatic heterocycles. The molecular weight excluding hydrogens is 518 g/mol. The predicted molar refractivity (Wildman–Crippen MR) is 148 cm³/mol. The number of aromatic hydroxyl groups is 1. The summed E-state index contributed by atoms with van der Waals surface area (Å²) < 4.78 is 4.95. The van der Waals surface area contributed by atoms with Crippen LogP contribution in [0.5, 0.6) is 5.75 Å². The van der Waals surface area contributed by atoms with Crippen LogP contribution in [0.4, 0.5) is 10.5 Å². The molecule has 3 amide bonds. The largest absolute Gasteiger partial charge is 0.508 e. The molecule has 2 aromatic carbocycles. The Hall–Kier alpha value is -3.35. The second-order valence-corrected chi connectivity index (χ2v) is 9.87. The van der Waals surface area contributed by atoms with Crippen LogP contribution in [-0.4, -0.2) is 66.6 Å². The van der Waals surface area contributed by atoms with E-state index in [1.54, 1.807) is 30.3 Å². The third-order valence-corrected chi connectivity index (χ3v) is 6.88. The molecule has 0 radical (unpaired) electrons. The van der Waals surface area contributed by atoms with Gasteiger partial charge in [0.15, 0.2) is 5.69 Å². The molecule has 3 rings (SSSR count). The number of aliphatic hydroxyl groups excluding tert-OH is 2. The summed E-state index contributed by atoms with van der Waals surface area (Å²) >= 11 is 0. The van der Waals surface area contributed by atoms with E-state index in [9.17, 15) is 29.7 Å². The summed E-state index contributed by atoms with van der Waals surface area (Å²) in [7, 11) is 0. The number of carbonyl (C=O) groups is 3. The molecule has 0 bridgehead atoms. The van der Waals surface area contributed by atoms with Gasteiger partial charge in [-0.1, -0.05) is 31.0 Å². The molecule has 11 nitrogen and oxygen atoms in total. The zero-order valence-corrected chi connectivity index (χ0v) is 22.7. The predicted octanol–water partition coefficient (Wildman–Crippen LogP) is 2.75. The number of benzene rings is 2. The Balaban J connectivity index is 1.21. The Morgan fingerprint density at radius 1 is 1.02 bits per heavy atom. The van der Waals surface area contributed by atoms with E-state index in [1.165, 1.54) is 6.07 Å². The van der Waals surface area contributed by atoms with Gasteiger partial charge >= 0.3 is 12.5 Å². The van der Waals surface area contributed by atoms with Gasteiger partial charge in [-0.2, -0.15) is 0 Å². The molecule has 2 atom stereocenters. The highest BCUT2D eigenvalue weighted by Gasteiger charge is 2.52. The summed E-state index contributed by atoms with van der Waals surface area (Å²) in [5, 5.41) is 34.6. The molecule has 1 fully saturated rings. The SMILES string of the molecule is O=CO[N+]1(c2cccc(CCCCOCCCCCCNC[C@@H](O)c3ccc(O)c(CO)c3)c2)CC(=O)NC1=O. The number of unbranched alkanes of at least 4 members (excludes halogenated alkanes) is 4. The van der Waals surface area contributed by atoms with E-state index in [0.717, 1.165) is 57.1 Å². The summed E-state index contributed by atoms with van der Waals surface area (Å²) in [5.74, 6) is -0.471. The lowest BCUT2D eigenvalue weighted by Gasteiger charge is -2.23. The average Bonchev–Trinajstić information content (AvgIpc) is 3.24. The number of urea groups is 1. The summed E-state index contributed by atoms with van der Waals surface area (Å²) in [4.78, 5) is 40.1. The van der Waals surface area contributed by atoms with E-state index in [-0.39, 0.29) is 25.4 Å². The number of ether oxygens (including phenoxy) is 1. The van der Waals surface area contributed by atoms with Crippen molar-refractivity contribution < 1.29 is 39.3 Å². The first kappa shape index (κ1) is 31.2. The van der Waals surface area contributed by atoms with Crippen molar-refractivity contribution in [1.82, 2.24) is 15.3 Å². The Bertz CT molecular complexity index is 1130. The molecular formula is C29H40N3O8+. The fourth-order valence-electron chi connectivity index (χ4n) is 4.63. The van der Waals surface area contributed by atoms with Crippen molar-refractivity contribution in [2.24, 2.45) is 0 Å². The standard InChI is InChI=1S/C29H39N3O8/c33-20-24-17-23(11-12-26(24)35)27(36)18-30-13-4-1-2-5-14-39-15-6-3-8-22-9-7-10-25(16-22)32(40-21-34)19-28(37)31-29(32)38/h7,9-12,16-17,21,27,30,33,36H,1-6,8,13-15,18-20H2,(H-,31,35,37,38)/p+1/t27-,32?/m1/s1. The van der Waals surface area contributed by atoms with Crippen LogP contribution in [0.2, 0.25) is 0 Å². The molecule has 40 heavy (non-hydrogen) atoms. The summed E-state index contributed by atoms with van der Waals surface area (Å²) in [5.41, 5.74) is 2.48. The van der Waals surface area contributed by atoms with E-state index >= 15 is 0 Å². The van der Waals surface area contributed by atoms with Crippen molar-refractivity contribution in [3.05, 3.63) is 59.2 Å².